The van der Waals surface area contributed by atoms with Crippen LogP contribution in [0.3, 0.4) is 0 Å². The second-order valence-electron chi connectivity index (χ2n) is 3.64. The van der Waals surface area contributed by atoms with Crippen molar-refractivity contribution in [2.45, 2.75) is 6.54 Å². The van der Waals surface area contributed by atoms with E-state index in [4.69, 9.17) is 10.6 Å². The van der Waals surface area contributed by atoms with Crippen molar-refractivity contribution in [3.63, 3.8) is 0 Å². The molecule has 0 bridgehead atoms. The van der Waals surface area contributed by atoms with E-state index in [2.05, 4.69) is 20.7 Å². The highest BCUT2D eigenvalue weighted by molar-refractivity contribution is 5.41. The fourth-order valence-corrected chi connectivity index (χ4v) is 1.50. The average Bonchev–Trinajstić information content (AvgIpc) is 2.45. The van der Waals surface area contributed by atoms with Crippen molar-refractivity contribution in [2.24, 2.45) is 5.84 Å². The number of benzene rings is 1. The number of rotatable bonds is 5. The van der Waals surface area contributed by atoms with Crippen LogP contribution in [0.5, 0.6) is 5.75 Å². The summed E-state index contributed by atoms with van der Waals surface area (Å²) in [4.78, 5) is 8.22. The van der Waals surface area contributed by atoms with E-state index >= 15 is 0 Å². The van der Waals surface area contributed by atoms with Gasteiger partial charge in [0.1, 0.15) is 11.6 Å². The Kier molecular flexibility index (Phi) is 3.93. The minimum absolute atomic E-state index is 0.519. The minimum atomic E-state index is 0.519. The maximum Gasteiger partial charge on any atom is 0.160 e. The predicted octanol–water partition coefficient (Wildman–Crippen LogP) is 1.38. The van der Waals surface area contributed by atoms with Gasteiger partial charge in [0.25, 0.3) is 0 Å². The fourth-order valence-electron chi connectivity index (χ4n) is 1.50. The molecule has 0 aliphatic rings. The van der Waals surface area contributed by atoms with Gasteiger partial charge in [0.05, 0.1) is 19.5 Å². The number of nitrogen functional groups attached to an aromatic ring is 1. The first-order valence-electron chi connectivity index (χ1n) is 5.47. The number of nitrogens with one attached hydrogen (secondary N) is 2. The van der Waals surface area contributed by atoms with Gasteiger partial charge in [-0.1, -0.05) is 12.1 Å². The molecule has 1 aromatic carbocycles. The second-order valence-corrected chi connectivity index (χ2v) is 3.64. The molecule has 6 heteroatoms. The van der Waals surface area contributed by atoms with Crippen LogP contribution in [0.2, 0.25) is 0 Å². The number of hydrogen-bond donors (Lipinski definition) is 3. The van der Waals surface area contributed by atoms with Crippen LogP contribution < -0.4 is 21.3 Å². The van der Waals surface area contributed by atoms with Gasteiger partial charge in [-0.3, -0.25) is 4.98 Å². The SMILES string of the molecule is COc1cccc(CNc2cncc(NN)n2)c1. The number of ether oxygens (including phenoxy) is 1. The van der Waals surface area contributed by atoms with Crippen LogP contribution in [0.4, 0.5) is 11.6 Å². The standard InChI is InChI=1S/C12H15N5O/c1-18-10-4-2-3-9(5-10)6-15-11-7-14-8-12(16-11)17-13/h2-5,7-8H,6,13H2,1H3,(H2,15,16,17). The number of nitrogens with two attached hydrogens (primary N) is 1. The predicted molar refractivity (Wildman–Crippen MR) is 70.2 cm³/mol. The molecule has 0 saturated carbocycles. The quantitative estimate of drug-likeness (QED) is 0.545. The van der Waals surface area contributed by atoms with Crippen molar-refractivity contribution < 1.29 is 4.74 Å². The third-order valence-electron chi connectivity index (χ3n) is 2.39. The molecular formula is C12H15N5O. The molecule has 0 radical (unpaired) electrons. The smallest absolute Gasteiger partial charge is 0.160 e. The van der Waals surface area contributed by atoms with Gasteiger partial charge in [-0.15, -0.1) is 0 Å². The highest BCUT2D eigenvalue weighted by atomic mass is 16.5. The molecule has 0 saturated heterocycles. The zero-order chi connectivity index (χ0) is 12.8. The summed E-state index contributed by atoms with van der Waals surface area (Å²) in [5, 5.41) is 3.16. The monoisotopic (exact) mass is 245 g/mol. The van der Waals surface area contributed by atoms with Gasteiger partial charge in [-0.2, -0.15) is 0 Å². The van der Waals surface area contributed by atoms with Crippen LogP contribution in [0.15, 0.2) is 36.7 Å². The first-order valence-corrected chi connectivity index (χ1v) is 5.47. The Labute approximate surface area is 105 Å². The van der Waals surface area contributed by atoms with Crippen molar-refractivity contribution in [2.75, 3.05) is 17.9 Å². The lowest BCUT2D eigenvalue weighted by Crippen LogP contribution is -2.10. The summed E-state index contributed by atoms with van der Waals surface area (Å²) in [6, 6.07) is 7.82. The maximum atomic E-state index is 5.27. The molecular weight excluding hydrogens is 230 g/mol. The Morgan fingerprint density at radius 1 is 1.28 bits per heavy atom. The van der Waals surface area contributed by atoms with E-state index in [1.807, 2.05) is 24.3 Å². The summed E-state index contributed by atoms with van der Waals surface area (Å²) in [5.74, 6) is 7.28. The molecule has 0 aliphatic heterocycles. The van der Waals surface area contributed by atoms with Gasteiger partial charge in [0.15, 0.2) is 5.82 Å². The summed E-state index contributed by atoms with van der Waals surface area (Å²) >= 11 is 0. The summed E-state index contributed by atoms with van der Waals surface area (Å²) in [5.41, 5.74) is 3.55. The van der Waals surface area contributed by atoms with E-state index < -0.39 is 0 Å². The van der Waals surface area contributed by atoms with Gasteiger partial charge in [-0.05, 0) is 17.7 Å². The molecule has 0 spiro atoms. The maximum absolute atomic E-state index is 5.27. The molecule has 0 amide bonds. The lowest BCUT2D eigenvalue weighted by atomic mass is 10.2. The van der Waals surface area contributed by atoms with Crippen LogP contribution in [0.25, 0.3) is 0 Å². The number of hydrazine groups is 1. The van der Waals surface area contributed by atoms with Crippen molar-refractivity contribution in [3.8, 4) is 5.75 Å². The molecule has 1 aromatic heterocycles. The van der Waals surface area contributed by atoms with Crippen LogP contribution in [0.1, 0.15) is 5.56 Å². The molecule has 0 unspecified atom stereocenters. The Balaban J connectivity index is 2.01. The summed E-state index contributed by atoms with van der Waals surface area (Å²) in [6.07, 6.45) is 3.19. The Bertz CT molecular complexity index is 470. The number of hydrogen-bond acceptors (Lipinski definition) is 6. The fraction of sp³-hybridized carbons (Fsp3) is 0.167. The lowest BCUT2D eigenvalue weighted by Gasteiger charge is -2.07. The lowest BCUT2D eigenvalue weighted by molar-refractivity contribution is 0.414. The van der Waals surface area contributed by atoms with Gasteiger partial charge >= 0.3 is 0 Å². The van der Waals surface area contributed by atoms with E-state index in [-0.39, 0.29) is 0 Å². The largest absolute Gasteiger partial charge is 0.497 e. The Hall–Kier alpha value is -2.34. The van der Waals surface area contributed by atoms with Crippen LogP contribution >= 0.6 is 0 Å². The minimum Gasteiger partial charge on any atom is -0.497 e. The molecule has 6 nitrogen and oxygen atoms in total. The number of methoxy groups -OCH3 is 1. The van der Waals surface area contributed by atoms with E-state index in [0.29, 0.717) is 18.2 Å². The van der Waals surface area contributed by atoms with Crippen molar-refractivity contribution in [3.05, 3.63) is 42.2 Å². The van der Waals surface area contributed by atoms with Gasteiger partial charge < -0.3 is 15.5 Å². The van der Waals surface area contributed by atoms with Crippen molar-refractivity contribution in [1.82, 2.24) is 9.97 Å². The topological polar surface area (TPSA) is 85.1 Å². The van der Waals surface area contributed by atoms with E-state index in [0.717, 1.165) is 11.3 Å². The molecule has 18 heavy (non-hydrogen) atoms. The van der Waals surface area contributed by atoms with Crippen molar-refractivity contribution in [1.29, 1.82) is 0 Å². The Morgan fingerprint density at radius 3 is 2.89 bits per heavy atom. The van der Waals surface area contributed by atoms with Crippen LogP contribution in [0, 0.1) is 0 Å². The highest BCUT2D eigenvalue weighted by Gasteiger charge is 1.99. The summed E-state index contributed by atoms with van der Waals surface area (Å²) in [6.45, 7) is 0.639. The average molecular weight is 245 g/mol. The normalized spacial score (nSPS) is 9.89. The van der Waals surface area contributed by atoms with Gasteiger partial charge in [0.2, 0.25) is 0 Å². The van der Waals surface area contributed by atoms with Gasteiger partial charge in [0, 0.05) is 6.54 Å². The third-order valence-corrected chi connectivity index (χ3v) is 2.39. The number of nitrogens with zero attached hydrogens (tertiary/aromatic N) is 2. The van der Waals surface area contributed by atoms with Crippen LogP contribution in [-0.2, 0) is 6.54 Å². The molecule has 2 aromatic rings. The Morgan fingerprint density at radius 2 is 2.11 bits per heavy atom. The van der Waals surface area contributed by atoms with Gasteiger partial charge in [-0.25, -0.2) is 10.8 Å². The molecule has 0 atom stereocenters. The van der Waals surface area contributed by atoms with Crippen LogP contribution in [-0.4, -0.2) is 17.1 Å². The zero-order valence-electron chi connectivity index (χ0n) is 10.1. The highest BCUT2D eigenvalue weighted by Crippen LogP contribution is 2.14. The second kappa shape index (κ2) is 5.83. The van der Waals surface area contributed by atoms with E-state index in [1.165, 1.54) is 0 Å². The molecule has 0 aliphatic carbocycles. The first kappa shape index (κ1) is 12.1. The summed E-state index contributed by atoms with van der Waals surface area (Å²) in [7, 11) is 1.65. The molecule has 1 heterocycles. The third kappa shape index (κ3) is 3.08. The molecule has 94 valence electrons. The molecule has 4 N–H and O–H groups in total. The summed E-state index contributed by atoms with van der Waals surface area (Å²) < 4.78 is 5.16. The number of aromatic nitrogens is 2. The van der Waals surface area contributed by atoms with E-state index in [9.17, 15) is 0 Å². The zero-order valence-corrected chi connectivity index (χ0v) is 10.1. The molecule has 2 rings (SSSR count). The first-order chi connectivity index (χ1) is 8.81. The number of anilines is 2. The van der Waals surface area contributed by atoms with Crippen molar-refractivity contribution >= 4 is 11.6 Å². The molecule has 0 fully saturated rings. The van der Waals surface area contributed by atoms with E-state index in [1.54, 1.807) is 19.5 Å².